The number of carbonyl (C=O) groups is 1. The predicted octanol–water partition coefficient (Wildman–Crippen LogP) is 0.769. The monoisotopic (exact) mass is 242 g/mol. The van der Waals surface area contributed by atoms with Gasteiger partial charge in [0.1, 0.15) is 5.69 Å². The summed E-state index contributed by atoms with van der Waals surface area (Å²) in [6.45, 7) is 3.16. The van der Waals surface area contributed by atoms with Crippen molar-refractivity contribution >= 4 is 17.5 Å². The molecule has 2 N–H and O–H groups in total. The first-order valence-electron chi connectivity index (χ1n) is 4.99. The summed E-state index contributed by atoms with van der Waals surface area (Å²) in [5, 5.41) is 26.2. The molecule has 1 atom stereocenters. The highest BCUT2D eigenvalue weighted by molar-refractivity contribution is 5.70. The minimum Gasteiger partial charge on any atom is -0.481 e. The summed E-state index contributed by atoms with van der Waals surface area (Å²) in [4.78, 5) is 20.9. The minimum atomic E-state index is -0.959. The van der Waals surface area contributed by atoms with E-state index < -0.39 is 16.8 Å². The molecule has 0 fully saturated rings. The van der Waals surface area contributed by atoms with Crippen LogP contribution in [0.1, 0.15) is 12.6 Å². The van der Waals surface area contributed by atoms with E-state index in [-0.39, 0.29) is 18.1 Å². The van der Waals surface area contributed by atoms with Crippen molar-refractivity contribution < 1.29 is 14.8 Å². The number of rotatable bonds is 5. The summed E-state index contributed by atoms with van der Waals surface area (Å²) in [7, 11) is 1.56. The standard InChI is InChI=1S/C9H14N4O4/c1-5(9(14)15)4-10-8-7(13(16)17)6(2)11-12(8)3/h5,10H,4H2,1-3H3,(H,14,15). The van der Waals surface area contributed by atoms with Gasteiger partial charge >= 0.3 is 11.7 Å². The maximum Gasteiger partial charge on any atom is 0.333 e. The number of carboxylic acid groups (broad SMARTS) is 1. The van der Waals surface area contributed by atoms with Gasteiger partial charge in [0, 0.05) is 13.6 Å². The molecule has 0 bridgehead atoms. The van der Waals surface area contributed by atoms with E-state index in [1.165, 1.54) is 18.5 Å². The molecule has 0 saturated heterocycles. The maximum absolute atomic E-state index is 10.8. The van der Waals surface area contributed by atoms with E-state index in [1.807, 2.05) is 0 Å². The second kappa shape index (κ2) is 4.81. The van der Waals surface area contributed by atoms with Crippen molar-refractivity contribution in [2.24, 2.45) is 13.0 Å². The van der Waals surface area contributed by atoms with Crippen molar-refractivity contribution in [2.75, 3.05) is 11.9 Å². The van der Waals surface area contributed by atoms with Crippen LogP contribution in [0.4, 0.5) is 11.5 Å². The van der Waals surface area contributed by atoms with Crippen LogP contribution in [0.3, 0.4) is 0 Å². The Morgan fingerprint density at radius 3 is 2.76 bits per heavy atom. The molecule has 1 heterocycles. The molecule has 0 spiro atoms. The molecular weight excluding hydrogens is 228 g/mol. The molecule has 0 saturated carbocycles. The van der Waals surface area contributed by atoms with Gasteiger partial charge in [-0.25, -0.2) is 4.68 Å². The van der Waals surface area contributed by atoms with E-state index in [9.17, 15) is 14.9 Å². The fourth-order valence-corrected chi connectivity index (χ4v) is 1.40. The molecule has 94 valence electrons. The van der Waals surface area contributed by atoms with Crippen molar-refractivity contribution in [3.63, 3.8) is 0 Å². The van der Waals surface area contributed by atoms with Crippen molar-refractivity contribution in [1.29, 1.82) is 0 Å². The van der Waals surface area contributed by atoms with Crippen LogP contribution >= 0.6 is 0 Å². The quantitative estimate of drug-likeness (QED) is 0.582. The zero-order chi connectivity index (χ0) is 13.2. The molecule has 0 radical (unpaired) electrons. The molecule has 1 rings (SSSR count). The van der Waals surface area contributed by atoms with E-state index in [4.69, 9.17) is 5.11 Å². The van der Waals surface area contributed by atoms with Crippen LogP contribution in [0.5, 0.6) is 0 Å². The third kappa shape index (κ3) is 2.71. The zero-order valence-corrected chi connectivity index (χ0v) is 9.80. The van der Waals surface area contributed by atoms with Crippen molar-refractivity contribution in [3.8, 4) is 0 Å². The molecule has 0 amide bonds. The first-order chi connectivity index (χ1) is 7.84. The number of nitrogens with zero attached hydrogens (tertiary/aromatic N) is 3. The van der Waals surface area contributed by atoms with Crippen LogP contribution in [0.25, 0.3) is 0 Å². The normalized spacial score (nSPS) is 12.2. The van der Waals surface area contributed by atoms with Gasteiger partial charge in [-0.3, -0.25) is 14.9 Å². The first-order valence-corrected chi connectivity index (χ1v) is 4.99. The largest absolute Gasteiger partial charge is 0.481 e. The summed E-state index contributed by atoms with van der Waals surface area (Å²) < 4.78 is 1.34. The molecule has 8 heteroatoms. The van der Waals surface area contributed by atoms with Gasteiger partial charge in [0.2, 0.25) is 5.82 Å². The fraction of sp³-hybridized carbons (Fsp3) is 0.556. The molecule has 1 aromatic heterocycles. The molecule has 0 aromatic carbocycles. The average Bonchev–Trinajstić information content (AvgIpc) is 2.49. The van der Waals surface area contributed by atoms with Crippen LogP contribution in [0, 0.1) is 23.0 Å². The zero-order valence-electron chi connectivity index (χ0n) is 9.80. The van der Waals surface area contributed by atoms with Gasteiger partial charge in [0.25, 0.3) is 0 Å². The highest BCUT2D eigenvalue weighted by atomic mass is 16.6. The molecule has 0 aliphatic rings. The third-order valence-corrected chi connectivity index (χ3v) is 2.37. The highest BCUT2D eigenvalue weighted by Crippen LogP contribution is 2.27. The summed E-state index contributed by atoms with van der Waals surface area (Å²) in [5.41, 5.74) is 0.174. The van der Waals surface area contributed by atoms with Gasteiger partial charge in [-0.2, -0.15) is 5.10 Å². The molecule has 0 aliphatic heterocycles. The van der Waals surface area contributed by atoms with Crippen molar-refractivity contribution in [1.82, 2.24) is 9.78 Å². The molecule has 0 aliphatic carbocycles. The number of nitro groups is 1. The number of anilines is 1. The van der Waals surface area contributed by atoms with E-state index >= 15 is 0 Å². The summed E-state index contributed by atoms with van der Waals surface area (Å²) >= 11 is 0. The Kier molecular flexibility index (Phi) is 3.66. The molecule has 17 heavy (non-hydrogen) atoms. The SMILES string of the molecule is Cc1nn(C)c(NCC(C)C(=O)O)c1[N+](=O)[O-]. The molecule has 1 unspecified atom stereocenters. The number of hydrogen-bond acceptors (Lipinski definition) is 5. The lowest BCUT2D eigenvalue weighted by Gasteiger charge is -2.08. The fourth-order valence-electron chi connectivity index (χ4n) is 1.40. The lowest BCUT2D eigenvalue weighted by Crippen LogP contribution is -2.21. The van der Waals surface area contributed by atoms with Crippen LogP contribution in [0.15, 0.2) is 0 Å². The lowest BCUT2D eigenvalue weighted by molar-refractivity contribution is -0.384. The number of aromatic nitrogens is 2. The van der Waals surface area contributed by atoms with Gasteiger partial charge in [0.05, 0.1) is 10.8 Å². The predicted molar refractivity (Wildman–Crippen MR) is 59.9 cm³/mol. The average molecular weight is 242 g/mol. The van der Waals surface area contributed by atoms with Crippen molar-refractivity contribution in [2.45, 2.75) is 13.8 Å². The van der Waals surface area contributed by atoms with Gasteiger partial charge in [-0.15, -0.1) is 0 Å². The number of carboxylic acids is 1. The summed E-state index contributed by atoms with van der Waals surface area (Å²) in [6, 6.07) is 0. The van der Waals surface area contributed by atoms with E-state index in [1.54, 1.807) is 7.05 Å². The molecule has 8 nitrogen and oxygen atoms in total. The Balaban J connectivity index is 2.91. The lowest BCUT2D eigenvalue weighted by atomic mass is 10.2. The Hall–Kier alpha value is -2.12. The summed E-state index contributed by atoms with van der Waals surface area (Å²) in [6.07, 6.45) is 0. The van der Waals surface area contributed by atoms with E-state index in [0.29, 0.717) is 5.69 Å². The van der Waals surface area contributed by atoms with E-state index in [0.717, 1.165) is 0 Å². The van der Waals surface area contributed by atoms with Crippen LogP contribution < -0.4 is 5.32 Å². The second-order valence-electron chi connectivity index (χ2n) is 3.78. The van der Waals surface area contributed by atoms with Crippen LogP contribution in [-0.4, -0.2) is 32.3 Å². The first kappa shape index (κ1) is 12.9. The van der Waals surface area contributed by atoms with Gasteiger partial charge in [-0.1, -0.05) is 6.92 Å². The molecule has 1 aromatic rings. The second-order valence-corrected chi connectivity index (χ2v) is 3.78. The third-order valence-electron chi connectivity index (χ3n) is 2.37. The van der Waals surface area contributed by atoms with Crippen LogP contribution in [0.2, 0.25) is 0 Å². The Labute approximate surface area is 97.4 Å². The number of aliphatic carboxylic acids is 1. The highest BCUT2D eigenvalue weighted by Gasteiger charge is 2.24. The smallest absolute Gasteiger partial charge is 0.333 e. The van der Waals surface area contributed by atoms with Crippen molar-refractivity contribution in [3.05, 3.63) is 15.8 Å². The van der Waals surface area contributed by atoms with Gasteiger partial charge in [0.15, 0.2) is 0 Å². The minimum absolute atomic E-state index is 0.106. The Morgan fingerprint density at radius 2 is 2.29 bits per heavy atom. The summed E-state index contributed by atoms with van der Waals surface area (Å²) in [5.74, 6) is -1.37. The maximum atomic E-state index is 10.8. The Morgan fingerprint density at radius 1 is 1.71 bits per heavy atom. The number of nitrogens with one attached hydrogen (secondary N) is 1. The molecular formula is C9H14N4O4. The van der Waals surface area contributed by atoms with Gasteiger partial charge < -0.3 is 10.4 Å². The van der Waals surface area contributed by atoms with E-state index in [2.05, 4.69) is 10.4 Å². The van der Waals surface area contributed by atoms with Crippen LogP contribution in [-0.2, 0) is 11.8 Å². The number of hydrogen-bond donors (Lipinski definition) is 2. The number of aryl methyl sites for hydroxylation is 2. The van der Waals surface area contributed by atoms with Gasteiger partial charge in [-0.05, 0) is 6.92 Å². The Bertz CT molecular complexity index is 454. The topological polar surface area (TPSA) is 110 Å².